The molecule has 8 nitrogen and oxygen atoms in total. The van der Waals surface area contributed by atoms with Crippen molar-refractivity contribution in [3.63, 3.8) is 0 Å². The van der Waals surface area contributed by atoms with Crippen molar-refractivity contribution in [3.8, 4) is 0 Å². The van der Waals surface area contributed by atoms with Gasteiger partial charge in [0.25, 0.3) is 0 Å². The van der Waals surface area contributed by atoms with Crippen LogP contribution in [0, 0.1) is 5.82 Å². The van der Waals surface area contributed by atoms with Crippen LogP contribution in [0.4, 0.5) is 14.9 Å². The maximum absolute atomic E-state index is 14.5. The van der Waals surface area contributed by atoms with E-state index in [0.29, 0.717) is 12.2 Å². The van der Waals surface area contributed by atoms with Crippen molar-refractivity contribution in [2.24, 2.45) is 0 Å². The molecule has 1 aromatic heterocycles. The largest absolute Gasteiger partial charge is 0.442 e. The normalized spacial score (nSPS) is 17.9. The summed E-state index contributed by atoms with van der Waals surface area (Å²) in [6.07, 6.45) is 2.28. The van der Waals surface area contributed by atoms with E-state index in [0.717, 1.165) is 12.0 Å². The number of aromatic nitrogens is 3. The fourth-order valence-corrected chi connectivity index (χ4v) is 3.11. The fourth-order valence-electron chi connectivity index (χ4n) is 2.34. The summed E-state index contributed by atoms with van der Waals surface area (Å²) in [7, 11) is 0. The Kier molecular flexibility index (Phi) is 5.64. The van der Waals surface area contributed by atoms with Crippen LogP contribution in [0.15, 0.2) is 35.5 Å². The second kappa shape index (κ2) is 7.69. The first-order valence-corrected chi connectivity index (χ1v) is 9.51. The van der Waals surface area contributed by atoms with Crippen LogP contribution >= 0.6 is 12.0 Å². The molecular weight excluding hydrogens is 387 g/mol. The number of hydrogen-bond donors (Lipinski definition) is 1. The molecule has 0 saturated carbocycles. The molecule has 152 valence electrons. The van der Waals surface area contributed by atoms with E-state index in [1.165, 1.54) is 17.0 Å². The van der Waals surface area contributed by atoms with Crippen molar-refractivity contribution >= 4 is 23.8 Å². The zero-order valence-electron chi connectivity index (χ0n) is 16.1. The second-order valence-electron chi connectivity index (χ2n) is 7.59. The van der Waals surface area contributed by atoms with E-state index in [1.54, 1.807) is 50.8 Å². The van der Waals surface area contributed by atoms with Gasteiger partial charge >= 0.3 is 6.09 Å². The Morgan fingerprint density at radius 3 is 2.75 bits per heavy atom. The van der Waals surface area contributed by atoms with E-state index < -0.39 is 29.2 Å². The summed E-state index contributed by atoms with van der Waals surface area (Å²) < 4.78 is 27.1. The van der Waals surface area contributed by atoms with Crippen molar-refractivity contribution < 1.29 is 23.2 Å². The molecule has 0 aliphatic carbocycles. The molecule has 0 spiro atoms. The number of carbonyl (C=O) groups is 1. The highest BCUT2D eigenvalue weighted by molar-refractivity contribution is 7.94. The van der Waals surface area contributed by atoms with Gasteiger partial charge in [0.15, 0.2) is 0 Å². The second-order valence-corrected chi connectivity index (χ2v) is 8.37. The Labute approximate surface area is 166 Å². The van der Waals surface area contributed by atoms with Crippen molar-refractivity contribution in [1.82, 2.24) is 15.0 Å². The Morgan fingerprint density at radius 1 is 1.39 bits per heavy atom. The first kappa shape index (κ1) is 20.6. The molecule has 2 aromatic rings. The summed E-state index contributed by atoms with van der Waals surface area (Å²) >= 11 is 0.848. The third-order valence-electron chi connectivity index (χ3n) is 4.78. The number of amides is 1. The van der Waals surface area contributed by atoms with Crippen LogP contribution < -0.4 is 4.90 Å². The van der Waals surface area contributed by atoms with E-state index in [-0.39, 0.29) is 11.4 Å². The van der Waals surface area contributed by atoms with Crippen LogP contribution in [0.25, 0.3) is 0 Å². The van der Waals surface area contributed by atoms with Gasteiger partial charge in [0, 0.05) is 18.2 Å². The lowest BCUT2D eigenvalue weighted by Crippen LogP contribution is -2.45. The molecule has 1 saturated heterocycles. The molecule has 10 heteroatoms. The van der Waals surface area contributed by atoms with E-state index in [2.05, 4.69) is 10.3 Å². The van der Waals surface area contributed by atoms with E-state index >= 15 is 0 Å². The van der Waals surface area contributed by atoms with Crippen molar-refractivity contribution in [3.05, 3.63) is 36.4 Å². The number of nitrogens with zero attached hydrogens (tertiary/aromatic N) is 4. The highest BCUT2D eigenvalue weighted by atomic mass is 32.2. The maximum atomic E-state index is 14.5. The molecule has 2 heterocycles. The van der Waals surface area contributed by atoms with Gasteiger partial charge in [-0.1, -0.05) is 5.21 Å². The molecule has 1 aliphatic heterocycles. The topological polar surface area (TPSA) is 89.7 Å². The standard InChI is InChI=1S/C18H23FN4O4S/c1-17(2,25)18(3,4)27-28-15-6-5-12(9-14(15)19)23-11-13(26-16(23)24)10-22-8-7-20-21-22/h5-9,13,25H,10-11H2,1-4H3/t13-/m0/s1. The monoisotopic (exact) mass is 410 g/mol. The molecule has 3 rings (SSSR count). The van der Waals surface area contributed by atoms with Gasteiger partial charge in [0.05, 0.1) is 35.5 Å². The van der Waals surface area contributed by atoms with Gasteiger partial charge in [-0.2, -0.15) is 0 Å². The number of cyclic esters (lactones) is 1. The predicted molar refractivity (Wildman–Crippen MR) is 101 cm³/mol. The van der Waals surface area contributed by atoms with Crippen molar-refractivity contribution in [1.29, 1.82) is 0 Å². The van der Waals surface area contributed by atoms with Gasteiger partial charge in [-0.15, -0.1) is 5.10 Å². The van der Waals surface area contributed by atoms with Crippen LogP contribution in [0.3, 0.4) is 0 Å². The first-order valence-electron chi connectivity index (χ1n) is 8.77. The SMILES string of the molecule is CC(C)(O)C(C)(C)OSc1ccc(N2C[C@H](Cn3ccnn3)OC2=O)cc1F. The lowest BCUT2D eigenvalue weighted by atomic mass is 9.90. The molecule has 1 atom stereocenters. The average molecular weight is 410 g/mol. The molecule has 1 amide bonds. The van der Waals surface area contributed by atoms with Crippen molar-refractivity contribution in [2.75, 3.05) is 11.4 Å². The summed E-state index contributed by atoms with van der Waals surface area (Å²) in [4.78, 5) is 13.8. The first-order chi connectivity index (χ1) is 13.1. The Balaban J connectivity index is 1.66. The zero-order chi connectivity index (χ0) is 20.5. The summed E-state index contributed by atoms with van der Waals surface area (Å²) in [5.74, 6) is -0.526. The van der Waals surface area contributed by atoms with Crippen LogP contribution in [-0.4, -0.2) is 50.0 Å². The smallest absolute Gasteiger partial charge is 0.414 e. The van der Waals surface area contributed by atoms with E-state index in [9.17, 15) is 14.3 Å². The van der Waals surface area contributed by atoms with E-state index in [1.807, 2.05) is 0 Å². The maximum Gasteiger partial charge on any atom is 0.414 e. The van der Waals surface area contributed by atoms with Gasteiger partial charge in [-0.05, 0) is 45.9 Å². The number of ether oxygens (including phenoxy) is 1. The van der Waals surface area contributed by atoms with Crippen LogP contribution in [0.1, 0.15) is 27.7 Å². The molecule has 1 aliphatic rings. The highest BCUT2D eigenvalue weighted by Crippen LogP contribution is 2.35. The van der Waals surface area contributed by atoms with Crippen LogP contribution in [0.5, 0.6) is 0 Å². The third kappa shape index (κ3) is 4.45. The van der Waals surface area contributed by atoms with Gasteiger partial charge in [-0.25, -0.2) is 13.9 Å². The molecule has 1 fully saturated rings. The summed E-state index contributed by atoms with van der Waals surface area (Å²) in [5.41, 5.74) is -1.60. The van der Waals surface area contributed by atoms with Gasteiger partial charge in [0.2, 0.25) is 0 Å². The molecule has 0 radical (unpaired) electrons. The number of benzene rings is 1. The number of halogens is 1. The fraction of sp³-hybridized carbons (Fsp3) is 0.500. The highest BCUT2D eigenvalue weighted by Gasteiger charge is 2.37. The molecule has 0 unspecified atom stereocenters. The zero-order valence-corrected chi connectivity index (χ0v) is 16.9. The number of anilines is 1. The Hall–Kier alpha value is -2.17. The minimum absolute atomic E-state index is 0.257. The number of hydrogen-bond acceptors (Lipinski definition) is 7. The minimum atomic E-state index is -1.10. The Bertz CT molecular complexity index is 839. The van der Waals surface area contributed by atoms with Gasteiger partial charge in [0.1, 0.15) is 17.5 Å². The van der Waals surface area contributed by atoms with Crippen LogP contribution in [0.2, 0.25) is 0 Å². The van der Waals surface area contributed by atoms with Gasteiger partial charge < -0.3 is 14.0 Å². The average Bonchev–Trinajstić information content (AvgIpc) is 3.22. The Morgan fingerprint density at radius 2 is 2.14 bits per heavy atom. The number of rotatable bonds is 7. The van der Waals surface area contributed by atoms with Crippen molar-refractivity contribution in [2.45, 2.75) is 56.4 Å². The predicted octanol–water partition coefficient (Wildman–Crippen LogP) is 3.02. The summed E-state index contributed by atoms with van der Waals surface area (Å²) in [5, 5.41) is 17.7. The molecular formula is C18H23FN4O4S. The molecule has 1 aromatic carbocycles. The molecule has 28 heavy (non-hydrogen) atoms. The lowest BCUT2D eigenvalue weighted by Gasteiger charge is -2.35. The van der Waals surface area contributed by atoms with E-state index in [4.69, 9.17) is 8.92 Å². The molecule has 0 bridgehead atoms. The van der Waals surface area contributed by atoms with Gasteiger partial charge in [-0.3, -0.25) is 4.90 Å². The minimum Gasteiger partial charge on any atom is -0.442 e. The molecule has 1 N–H and O–H groups in total. The summed E-state index contributed by atoms with van der Waals surface area (Å²) in [6.45, 7) is 7.36. The lowest BCUT2D eigenvalue weighted by molar-refractivity contribution is -0.0814. The third-order valence-corrected chi connectivity index (χ3v) is 5.79. The number of carbonyl (C=O) groups excluding carboxylic acids is 1. The number of aliphatic hydroxyl groups is 1. The van der Waals surface area contributed by atoms with Crippen LogP contribution in [-0.2, 0) is 15.5 Å². The summed E-state index contributed by atoms with van der Waals surface area (Å²) in [6, 6.07) is 4.43. The quantitative estimate of drug-likeness (QED) is 0.702.